The maximum atomic E-state index is 13.6. The zero-order valence-electron chi connectivity index (χ0n) is 15.7. The van der Waals surface area contributed by atoms with Crippen LogP contribution in [-0.2, 0) is 6.54 Å². The Balaban J connectivity index is 1.72. The van der Waals surface area contributed by atoms with Crippen LogP contribution >= 0.6 is 0 Å². The van der Waals surface area contributed by atoms with Crippen LogP contribution in [0.25, 0.3) is 11.1 Å². The third kappa shape index (κ3) is 3.76. The Labute approximate surface area is 164 Å². The van der Waals surface area contributed by atoms with Crippen molar-refractivity contribution in [3.63, 3.8) is 0 Å². The zero-order valence-corrected chi connectivity index (χ0v) is 15.7. The Hall–Kier alpha value is -3.16. The molecular weight excluding hydrogens is 351 g/mol. The van der Waals surface area contributed by atoms with E-state index in [9.17, 15) is 9.65 Å². The number of ether oxygens (including phenoxy) is 1. The summed E-state index contributed by atoms with van der Waals surface area (Å²) in [5, 5.41) is 9.42. The number of nitriles is 1. The predicted molar refractivity (Wildman–Crippen MR) is 107 cm³/mol. The van der Waals surface area contributed by atoms with Crippen LogP contribution in [0.4, 0.5) is 4.39 Å². The quantitative estimate of drug-likeness (QED) is 0.624. The fourth-order valence-electron chi connectivity index (χ4n) is 3.75. The Morgan fingerprint density at radius 1 is 1.07 bits per heavy atom. The van der Waals surface area contributed by atoms with E-state index in [1.807, 2.05) is 30.3 Å². The van der Waals surface area contributed by atoms with Gasteiger partial charge in [0.1, 0.15) is 17.7 Å². The SMILES string of the molecule is CN1CCC(Oc2cccc(F)c2)c2ccc(-c3ccccc3C#N)cc2C1. The summed E-state index contributed by atoms with van der Waals surface area (Å²) in [7, 11) is 2.09. The van der Waals surface area contributed by atoms with E-state index in [0.29, 0.717) is 11.3 Å². The van der Waals surface area contributed by atoms with Crippen molar-refractivity contribution < 1.29 is 9.13 Å². The first kappa shape index (κ1) is 18.2. The van der Waals surface area contributed by atoms with Crippen LogP contribution in [0.15, 0.2) is 66.7 Å². The summed E-state index contributed by atoms with van der Waals surface area (Å²) in [5.74, 6) is 0.242. The molecule has 1 aliphatic rings. The molecule has 1 unspecified atom stereocenters. The monoisotopic (exact) mass is 372 g/mol. The molecule has 0 bridgehead atoms. The lowest BCUT2D eigenvalue weighted by molar-refractivity contribution is 0.182. The second-order valence-corrected chi connectivity index (χ2v) is 7.16. The molecule has 0 spiro atoms. The highest BCUT2D eigenvalue weighted by Gasteiger charge is 2.23. The molecule has 0 amide bonds. The van der Waals surface area contributed by atoms with Gasteiger partial charge in [0.15, 0.2) is 0 Å². The minimum Gasteiger partial charge on any atom is -0.486 e. The third-order valence-electron chi connectivity index (χ3n) is 5.14. The molecule has 0 N–H and O–H groups in total. The second kappa shape index (κ2) is 7.84. The lowest BCUT2D eigenvalue weighted by atomic mass is 9.94. The molecular formula is C24H21FN2O. The topological polar surface area (TPSA) is 36.3 Å². The van der Waals surface area contributed by atoms with E-state index in [2.05, 4.69) is 30.1 Å². The van der Waals surface area contributed by atoms with Gasteiger partial charge in [0.25, 0.3) is 0 Å². The van der Waals surface area contributed by atoms with Crippen molar-refractivity contribution >= 4 is 0 Å². The first-order valence-electron chi connectivity index (χ1n) is 9.37. The van der Waals surface area contributed by atoms with E-state index in [1.165, 1.54) is 17.7 Å². The molecule has 3 aromatic carbocycles. The normalized spacial score (nSPS) is 16.7. The molecule has 3 nitrogen and oxygen atoms in total. The van der Waals surface area contributed by atoms with Gasteiger partial charge in [-0.3, -0.25) is 0 Å². The van der Waals surface area contributed by atoms with Crippen LogP contribution in [-0.4, -0.2) is 18.5 Å². The minimum atomic E-state index is -0.299. The van der Waals surface area contributed by atoms with Gasteiger partial charge in [-0.25, -0.2) is 4.39 Å². The predicted octanol–water partition coefficient (Wildman–Crippen LogP) is 5.32. The highest BCUT2D eigenvalue weighted by molar-refractivity contribution is 5.71. The molecule has 4 heteroatoms. The summed E-state index contributed by atoms with van der Waals surface area (Å²) in [6.45, 7) is 1.69. The summed E-state index contributed by atoms with van der Waals surface area (Å²) in [4.78, 5) is 2.26. The molecule has 4 rings (SSSR count). The van der Waals surface area contributed by atoms with E-state index in [0.717, 1.165) is 36.2 Å². The van der Waals surface area contributed by atoms with Gasteiger partial charge in [0.2, 0.25) is 0 Å². The maximum Gasteiger partial charge on any atom is 0.126 e. The fraction of sp³-hybridized carbons (Fsp3) is 0.208. The van der Waals surface area contributed by atoms with E-state index >= 15 is 0 Å². The molecule has 1 heterocycles. The van der Waals surface area contributed by atoms with Crippen LogP contribution in [0.1, 0.15) is 29.2 Å². The first-order chi connectivity index (χ1) is 13.6. The summed E-state index contributed by atoms with van der Waals surface area (Å²) in [5.41, 5.74) is 4.91. The number of benzene rings is 3. The molecule has 3 aromatic rings. The molecule has 1 atom stereocenters. The van der Waals surface area contributed by atoms with Crippen molar-refractivity contribution in [2.45, 2.75) is 19.1 Å². The van der Waals surface area contributed by atoms with Crippen molar-refractivity contribution in [2.24, 2.45) is 0 Å². The first-order valence-corrected chi connectivity index (χ1v) is 9.37. The van der Waals surface area contributed by atoms with E-state index in [1.54, 1.807) is 12.1 Å². The van der Waals surface area contributed by atoms with Gasteiger partial charge in [0.05, 0.1) is 11.6 Å². The van der Waals surface area contributed by atoms with E-state index in [-0.39, 0.29) is 11.9 Å². The summed E-state index contributed by atoms with van der Waals surface area (Å²) < 4.78 is 19.7. The van der Waals surface area contributed by atoms with Crippen LogP contribution in [0.2, 0.25) is 0 Å². The van der Waals surface area contributed by atoms with Crippen molar-refractivity contribution in [3.8, 4) is 22.9 Å². The van der Waals surface area contributed by atoms with E-state index < -0.39 is 0 Å². The highest BCUT2D eigenvalue weighted by atomic mass is 19.1. The van der Waals surface area contributed by atoms with Gasteiger partial charge in [-0.1, -0.05) is 36.4 Å². The highest BCUT2D eigenvalue weighted by Crippen LogP contribution is 2.34. The third-order valence-corrected chi connectivity index (χ3v) is 5.14. The summed E-state index contributed by atoms with van der Waals surface area (Å²) in [6, 6.07) is 22.5. The number of hydrogen-bond acceptors (Lipinski definition) is 3. The number of fused-ring (bicyclic) bond motifs is 1. The molecule has 28 heavy (non-hydrogen) atoms. The zero-order chi connectivity index (χ0) is 19.5. The van der Waals surface area contributed by atoms with Gasteiger partial charge in [-0.05, 0) is 53.6 Å². The van der Waals surface area contributed by atoms with Gasteiger partial charge in [-0.2, -0.15) is 5.26 Å². The largest absolute Gasteiger partial charge is 0.486 e. The molecule has 0 saturated heterocycles. The van der Waals surface area contributed by atoms with Crippen molar-refractivity contribution in [1.29, 1.82) is 5.26 Å². The Kier molecular flexibility index (Phi) is 5.10. The van der Waals surface area contributed by atoms with Gasteiger partial charge in [0, 0.05) is 25.6 Å². The smallest absolute Gasteiger partial charge is 0.126 e. The van der Waals surface area contributed by atoms with Crippen LogP contribution in [0.3, 0.4) is 0 Å². The Morgan fingerprint density at radius 3 is 2.75 bits per heavy atom. The molecule has 0 fully saturated rings. The molecule has 1 aliphatic heterocycles. The number of nitrogens with zero attached hydrogens (tertiary/aromatic N) is 2. The molecule has 0 saturated carbocycles. The van der Waals surface area contributed by atoms with Crippen LogP contribution in [0, 0.1) is 17.1 Å². The van der Waals surface area contributed by atoms with Crippen molar-refractivity contribution in [2.75, 3.05) is 13.6 Å². The number of hydrogen-bond donors (Lipinski definition) is 0. The number of halogens is 1. The van der Waals surface area contributed by atoms with Crippen LogP contribution in [0.5, 0.6) is 5.75 Å². The van der Waals surface area contributed by atoms with Crippen LogP contribution < -0.4 is 4.74 Å². The van der Waals surface area contributed by atoms with Gasteiger partial charge in [-0.15, -0.1) is 0 Å². The fourth-order valence-corrected chi connectivity index (χ4v) is 3.75. The average molecular weight is 372 g/mol. The summed E-state index contributed by atoms with van der Waals surface area (Å²) in [6.07, 6.45) is 0.690. The van der Waals surface area contributed by atoms with E-state index in [4.69, 9.17) is 4.74 Å². The average Bonchev–Trinajstić information content (AvgIpc) is 2.86. The molecule has 140 valence electrons. The summed E-state index contributed by atoms with van der Waals surface area (Å²) >= 11 is 0. The maximum absolute atomic E-state index is 13.6. The van der Waals surface area contributed by atoms with Crippen molar-refractivity contribution in [3.05, 3.63) is 89.2 Å². The Morgan fingerprint density at radius 2 is 1.93 bits per heavy atom. The van der Waals surface area contributed by atoms with Gasteiger partial charge >= 0.3 is 0 Å². The minimum absolute atomic E-state index is 0.137. The number of rotatable bonds is 3. The van der Waals surface area contributed by atoms with Gasteiger partial charge < -0.3 is 9.64 Å². The standard InChI is InChI=1S/C24H21FN2O/c1-27-12-11-24(28-21-7-4-6-20(25)14-21)23-10-9-17(13-19(23)16-27)22-8-3-2-5-18(22)15-26/h2-10,13-14,24H,11-12,16H2,1H3. The lowest BCUT2D eigenvalue weighted by Gasteiger charge is -2.20. The Bertz CT molecular complexity index is 1040. The molecule has 0 radical (unpaired) electrons. The van der Waals surface area contributed by atoms with Crippen molar-refractivity contribution in [1.82, 2.24) is 4.90 Å². The molecule has 0 aliphatic carbocycles. The second-order valence-electron chi connectivity index (χ2n) is 7.16. The lowest BCUT2D eigenvalue weighted by Crippen LogP contribution is -2.18. The molecule has 0 aromatic heterocycles.